The van der Waals surface area contributed by atoms with Gasteiger partial charge in [0, 0.05) is 0 Å². The van der Waals surface area contributed by atoms with Crippen LogP contribution < -0.4 is 0 Å². The second-order valence-electron chi connectivity index (χ2n) is 7.09. The molecule has 0 fully saturated rings. The molecular weight excluding hydrogens is 280 g/mol. The van der Waals surface area contributed by atoms with Crippen molar-refractivity contribution in [2.24, 2.45) is 5.41 Å². The van der Waals surface area contributed by atoms with Crippen LogP contribution in [-0.2, 0) is 0 Å². The van der Waals surface area contributed by atoms with Gasteiger partial charge in [-0.25, -0.2) is 0 Å². The fraction of sp³-hybridized carbons (Fsp3) is 0.545. The Labute approximate surface area is 143 Å². The lowest BCUT2D eigenvalue weighted by Gasteiger charge is -2.36. The van der Waals surface area contributed by atoms with Crippen LogP contribution in [0.25, 0.3) is 0 Å². The largest absolute Gasteiger partial charge is 0.392 e. The molecule has 0 amide bonds. The Bertz CT molecular complexity index is 528. The summed E-state index contributed by atoms with van der Waals surface area (Å²) < 4.78 is 0. The van der Waals surface area contributed by atoms with Crippen molar-refractivity contribution in [1.82, 2.24) is 0 Å². The number of aliphatic hydroxyl groups is 1. The molecule has 0 radical (unpaired) electrons. The number of hydrogen-bond donors (Lipinski definition) is 1. The van der Waals surface area contributed by atoms with Crippen LogP contribution >= 0.6 is 0 Å². The van der Waals surface area contributed by atoms with Gasteiger partial charge in [0.2, 0.25) is 0 Å². The van der Waals surface area contributed by atoms with Gasteiger partial charge in [0.15, 0.2) is 0 Å². The van der Waals surface area contributed by atoms with Crippen molar-refractivity contribution in [1.29, 1.82) is 0 Å². The van der Waals surface area contributed by atoms with Crippen molar-refractivity contribution in [3.8, 4) is 0 Å². The van der Waals surface area contributed by atoms with Crippen LogP contribution in [0.1, 0.15) is 66.7 Å². The maximum Gasteiger partial charge on any atom is 0.0617 e. The first-order chi connectivity index (χ1) is 10.9. The van der Waals surface area contributed by atoms with Crippen molar-refractivity contribution in [3.05, 3.63) is 58.7 Å². The number of hydrogen-bond acceptors (Lipinski definition) is 1. The Morgan fingerprint density at radius 2 is 1.96 bits per heavy atom. The van der Waals surface area contributed by atoms with Gasteiger partial charge >= 0.3 is 0 Å². The lowest BCUT2D eigenvalue weighted by molar-refractivity contribution is 0.310. The van der Waals surface area contributed by atoms with E-state index in [2.05, 4.69) is 52.0 Å². The van der Waals surface area contributed by atoms with Gasteiger partial charge in [-0.3, -0.25) is 0 Å². The average molecular weight is 315 g/mol. The molecule has 0 saturated heterocycles. The normalized spacial score (nSPS) is 24.3. The lowest BCUT2D eigenvalue weighted by atomic mass is 9.68. The maximum atomic E-state index is 8.85. The van der Waals surface area contributed by atoms with E-state index >= 15 is 0 Å². The predicted molar refractivity (Wildman–Crippen MR) is 102 cm³/mol. The summed E-state index contributed by atoms with van der Waals surface area (Å²) in [5, 5.41) is 8.85. The second-order valence-corrected chi connectivity index (χ2v) is 7.09. The first kappa shape index (κ1) is 19.7. The third kappa shape index (κ3) is 6.35. The maximum absolute atomic E-state index is 8.85. The molecule has 0 bridgehead atoms. The zero-order valence-corrected chi connectivity index (χ0v) is 15.7. The number of allylic oxidation sites excluding steroid dienone is 9. The molecule has 1 aliphatic carbocycles. The second kappa shape index (κ2) is 9.72. The summed E-state index contributed by atoms with van der Waals surface area (Å²) in [5.41, 5.74) is 5.81. The molecule has 1 heteroatoms. The van der Waals surface area contributed by atoms with E-state index in [1.807, 2.05) is 19.1 Å². The Hall–Kier alpha value is -1.34. The standard InChI is InChI=1S/C22H34O/c1-6-15-22(5)16-8-11-20(4)21(22)13-12-18(2)9-7-10-19(3)14-17-23/h7,9-10,12-14,23H,6,8,11,15-17H2,1-5H3/b10-7+,13-12+,18-9+,19-14+. The summed E-state index contributed by atoms with van der Waals surface area (Å²) in [6, 6.07) is 0. The third-order valence-electron chi connectivity index (χ3n) is 4.84. The molecule has 23 heavy (non-hydrogen) atoms. The van der Waals surface area contributed by atoms with E-state index in [1.54, 1.807) is 11.1 Å². The monoisotopic (exact) mass is 314 g/mol. The average Bonchev–Trinajstić information content (AvgIpc) is 2.47. The first-order valence-corrected chi connectivity index (χ1v) is 8.94. The van der Waals surface area contributed by atoms with E-state index in [-0.39, 0.29) is 6.61 Å². The highest BCUT2D eigenvalue weighted by molar-refractivity contribution is 5.37. The molecule has 0 saturated carbocycles. The number of aliphatic hydroxyl groups excluding tert-OH is 1. The number of rotatable bonds is 7. The van der Waals surface area contributed by atoms with E-state index in [4.69, 9.17) is 5.11 Å². The molecule has 1 unspecified atom stereocenters. The molecule has 0 spiro atoms. The van der Waals surface area contributed by atoms with Gasteiger partial charge in [-0.2, -0.15) is 0 Å². The van der Waals surface area contributed by atoms with Gasteiger partial charge in [0.05, 0.1) is 6.61 Å². The van der Waals surface area contributed by atoms with Gasteiger partial charge in [-0.15, -0.1) is 0 Å². The van der Waals surface area contributed by atoms with E-state index < -0.39 is 0 Å². The van der Waals surface area contributed by atoms with Crippen LogP contribution in [0.4, 0.5) is 0 Å². The Morgan fingerprint density at radius 1 is 1.22 bits per heavy atom. The first-order valence-electron chi connectivity index (χ1n) is 8.94. The minimum Gasteiger partial charge on any atom is -0.392 e. The fourth-order valence-electron chi connectivity index (χ4n) is 3.52. The Kier molecular flexibility index (Phi) is 8.33. The van der Waals surface area contributed by atoms with Crippen molar-refractivity contribution < 1.29 is 5.11 Å². The summed E-state index contributed by atoms with van der Waals surface area (Å²) in [7, 11) is 0. The van der Waals surface area contributed by atoms with Crippen LogP contribution in [0.15, 0.2) is 58.7 Å². The highest BCUT2D eigenvalue weighted by Crippen LogP contribution is 2.44. The molecule has 1 atom stereocenters. The summed E-state index contributed by atoms with van der Waals surface area (Å²) in [4.78, 5) is 0. The summed E-state index contributed by atoms with van der Waals surface area (Å²) >= 11 is 0. The molecule has 1 nitrogen and oxygen atoms in total. The zero-order valence-electron chi connectivity index (χ0n) is 15.7. The summed E-state index contributed by atoms with van der Waals surface area (Å²) in [6.07, 6.45) is 19.0. The Balaban J connectivity index is 2.86. The van der Waals surface area contributed by atoms with Crippen LogP contribution in [0.2, 0.25) is 0 Å². The molecule has 1 rings (SSSR count). The molecule has 0 heterocycles. The van der Waals surface area contributed by atoms with Gasteiger partial charge in [-0.05, 0) is 57.4 Å². The summed E-state index contributed by atoms with van der Waals surface area (Å²) in [5.74, 6) is 0. The highest BCUT2D eigenvalue weighted by atomic mass is 16.2. The van der Waals surface area contributed by atoms with Gasteiger partial charge in [-0.1, -0.05) is 73.4 Å². The van der Waals surface area contributed by atoms with E-state index in [9.17, 15) is 0 Å². The zero-order chi connectivity index (χ0) is 17.3. The fourth-order valence-corrected chi connectivity index (χ4v) is 3.52. The third-order valence-corrected chi connectivity index (χ3v) is 4.84. The lowest BCUT2D eigenvalue weighted by Crippen LogP contribution is -2.23. The molecule has 128 valence electrons. The topological polar surface area (TPSA) is 20.2 Å². The SMILES string of the molecule is CCCC1(C)CCCC(C)=C1/C=C/C(C)=C/C=C/C(C)=C/CO. The van der Waals surface area contributed by atoms with Crippen molar-refractivity contribution >= 4 is 0 Å². The summed E-state index contributed by atoms with van der Waals surface area (Å²) in [6.45, 7) is 11.3. The van der Waals surface area contributed by atoms with Gasteiger partial charge < -0.3 is 5.11 Å². The van der Waals surface area contributed by atoms with Crippen molar-refractivity contribution in [2.75, 3.05) is 6.61 Å². The van der Waals surface area contributed by atoms with Crippen molar-refractivity contribution in [3.63, 3.8) is 0 Å². The minimum atomic E-state index is 0.0994. The van der Waals surface area contributed by atoms with Crippen LogP contribution in [-0.4, -0.2) is 11.7 Å². The molecule has 0 aliphatic heterocycles. The Morgan fingerprint density at radius 3 is 2.61 bits per heavy atom. The molecule has 0 aromatic heterocycles. The predicted octanol–water partition coefficient (Wildman–Crippen LogP) is 6.29. The molecule has 1 N–H and O–H groups in total. The van der Waals surface area contributed by atoms with Gasteiger partial charge in [0.25, 0.3) is 0 Å². The van der Waals surface area contributed by atoms with E-state index in [0.29, 0.717) is 5.41 Å². The quantitative estimate of drug-likeness (QED) is 0.547. The molecular formula is C22H34O. The van der Waals surface area contributed by atoms with Crippen LogP contribution in [0, 0.1) is 5.41 Å². The van der Waals surface area contributed by atoms with Crippen molar-refractivity contribution in [2.45, 2.75) is 66.7 Å². The van der Waals surface area contributed by atoms with E-state index in [0.717, 1.165) is 5.57 Å². The minimum absolute atomic E-state index is 0.0994. The molecule has 0 aromatic rings. The molecule has 1 aliphatic rings. The van der Waals surface area contributed by atoms with Crippen LogP contribution in [0.5, 0.6) is 0 Å². The van der Waals surface area contributed by atoms with Crippen LogP contribution in [0.3, 0.4) is 0 Å². The highest BCUT2D eigenvalue weighted by Gasteiger charge is 2.30. The molecule has 0 aromatic carbocycles. The van der Waals surface area contributed by atoms with Gasteiger partial charge in [0.1, 0.15) is 0 Å². The van der Waals surface area contributed by atoms with E-state index in [1.165, 1.54) is 37.7 Å². The smallest absolute Gasteiger partial charge is 0.0617 e.